The number of benzene rings is 2. The molecule has 0 atom stereocenters. The van der Waals surface area contributed by atoms with Crippen LogP contribution in [0, 0.1) is 23.1 Å². The molecule has 0 unspecified atom stereocenters. The number of hydrogen-bond acceptors (Lipinski definition) is 4. The summed E-state index contributed by atoms with van der Waals surface area (Å²) < 4.78 is 42.0. The molecule has 3 fully saturated rings. The zero-order chi connectivity index (χ0) is 25.8. The van der Waals surface area contributed by atoms with Gasteiger partial charge < -0.3 is 9.80 Å². The van der Waals surface area contributed by atoms with Crippen LogP contribution in [0.3, 0.4) is 0 Å². The standard InChI is InChI=1S/C26H23F3N4O3/c1-25(28,29)19-7-2-16(3-8-19)12-33-22(34)13-32(21-9-4-17(11-30)10-20(21)27)24(36)26(33)14-31(15-26)23(35)18-5-6-18/h2-4,7-10,18H,5-6,12-15H2,1H3. The van der Waals surface area contributed by atoms with Crippen LogP contribution < -0.4 is 4.90 Å². The normalized spacial score (nSPS) is 19.4. The highest BCUT2D eigenvalue weighted by Gasteiger charge is 2.61. The summed E-state index contributed by atoms with van der Waals surface area (Å²) in [5, 5.41) is 9.02. The van der Waals surface area contributed by atoms with Crippen LogP contribution in [-0.2, 0) is 26.9 Å². The SMILES string of the molecule is CC(F)(F)c1ccc(CN2C(=O)CN(c3ccc(C#N)cc3F)C(=O)C23CN(C(=O)C2CC2)C3)cc1. The van der Waals surface area contributed by atoms with E-state index in [4.69, 9.17) is 5.26 Å². The van der Waals surface area contributed by atoms with Gasteiger partial charge in [-0.2, -0.15) is 5.26 Å². The van der Waals surface area contributed by atoms with Crippen molar-refractivity contribution < 1.29 is 27.6 Å². The molecule has 0 bridgehead atoms. The number of halogens is 3. The molecule has 0 N–H and O–H groups in total. The summed E-state index contributed by atoms with van der Waals surface area (Å²) in [6.07, 6.45) is 1.58. The van der Waals surface area contributed by atoms with Crippen molar-refractivity contribution in [2.75, 3.05) is 24.5 Å². The first-order valence-corrected chi connectivity index (χ1v) is 11.6. The summed E-state index contributed by atoms with van der Waals surface area (Å²) in [5.74, 6) is -4.94. The second-order valence-corrected chi connectivity index (χ2v) is 9.73. The average molecular weight is 496 g/mol. The van der Waals surface area contributed by atoms with Gasteiger partial charge in [0.25, 0.3) is 11.8 Å². The lowest BCUT2D eigenvalue weighted by Crippen LogP contribution is -2.81. The Morgan fingerprint density at radius 1 is 1.14 bits per heavy atom. The van der Waals surface area contributed by atoms with Crippen molar-refractivity contribution in [3.8, 4) is 6.07 Å². The molecule has 2 saturated heterocycles. The number of hydrogen-bond donors (Lipinski definition) is 0. The Labute approximate surface area is 205 Å². The van der Waals surface area contributed by atoms with Crippen LogP contribution in [0.1, 0.15) is 36.5 Å². The number of piperazine rings is 1. The van der Waals surface area contributed by atoms with Crippen LogP contribution in [-0.4, -0.2) is 52.7 Å². The fraction of sp³-hybridized carbons (Fsp3) is 0.385. The lowest BCUT2D eigenvalue weighted by Gasteiger charge is -2.58. The van der Waals surface area contributed by atoms with Gasteiger partial charge in [-0.15, -0.1) is 0 Å². The number of nitrogens with zero attached hydrogens (tertiary/aromatic N) is 4. The fourth-order valence-electron chi connectivity index (χ4n) is 4.85. The zero-order valence-electron chi connectivity index (χ0n) is 19.5. The number of carbonyl (C=O) groups excluding carboxylic acids is 3. The van der Waals surface area contributed by atoms with Gasteiger partial charge in [-0.05, 0) is 36.6 Å². The Balaban J connectivity index is 1.46. The fourth-order valence-corrected chi connectivity index (χ4v) is 4.85. The third-order valence-electron chi connectivity index (χ3n) is 7.07. The van der Waals surface area contributed by atoms with E-state index in [0.717, 1.165) is 30.7 Å². The van der Waals surface area contributed by atoms with E-state index in [1.807, 2.05) is 6.07 Å². The zero-order valence-corrected chi connectivity index (χ0v) is 19.5. The van der Waals surface area contributed by atoms with Crippen molar-refractivity contribution in [2.45, 2.75) is 37.8 Å². The molecule has 1 aliphatic carbocycles. The van der Waals surface area contributed by atoms with Crippen LogP contribution in [0.5, 0.6) is 0 Å². The predicted octanol–water partition coefficient (Wildman–Crippen LogP) is 3.18. The van der Waals surface area contributed by atoms with Crippen LogP contribution in [0.4, 0.5) is 18.9 Å². The van der Waals surface area contributed by atoms with E-state index in [0.29, 0.717) is 5.56 Å². The molecule has 1 spiro atoms. The highest BCUT2D eigenvalue weighted by atomic mass is 19.3. The van der Waals surface area contributed by atoms with E-state index in [-0.39, 0.29) is 48.3 Å². The van der Waals surface area contributed by atoms with Gasteiger partial charge in [0.15, 0.2) is 5.54 Å². The van der Waals surface area contributed by atoms with Crippen molar-refractivity contribution in [1.29, 1.82) is 5.26 Å². The van der Waals surface area contributed by atoms with Gasteiger partial charge >= 0.3 is 0 Å². The van der Waals surface area contributed by atoms with Gasteiger partial charge in [0, 0.05) is 24.9 Å². The average Bonchev–Trinajstić information content (AvgIpc) is 3.65. The van der Waals surface area contributed by atoms with Gasteiger partial charge in [-0.1, -0.05) is 24.3 Å². The van der Waals surface area contributed by atoms with Crippen LogP contribution >= 0.6 is 0 Å². The number of anilines is 1. The molecule has 2 heterocycles. The van der Waals surface area contributed by atoms with E-state index >= 15 is 0 Å². The molecule has 5 rings (SSSR count). The topological polar surface area (TPSA) is 84.7 Å². The first-order chi connectivity index (χ1) is 17.0. The first-order valence-electron chi connectivity index (χ1n) is 11.6. The molecule has 10 heteroatoms. The molecule has 2 aromatic rings. The smallest absolute Gasteiger partial charge is 0.270 e. The van der Waals surface area contributed by atoms with Gasteiger partial charge in [0.05, 0.1) is 30.4 Å². The maximum Gasteiger partial charge on any atom is 0.270 e. The predicted molar refractivity (Wildman–Crippen MR) is 122 cm³/mol. The number of alkyl halides is 2. The maximum atomic E-state index is 14.8. The second kappa shape index (κ2) is 8.36. The van der Waals surface area contributed by atoms with Crippen LogP contribution in [0.15, 0.2) is 42.5 Å². The summed E-state index contributed by atoms with van der Waals surface area (Å²) in [6, 6.07) is 11.0. The second-order valence-electron chi connectivity index (χ2n) is 9.73. The van der Waals surface area contributed by atoms with Crippen molar-refractivity contribution in [2.24, 2.45) is 5.92 Å². The first kappa shape index (κ1) is 23.9. The van der Waals surface area contributed by atoms with E-state index in [2.05, 4.69) is 0 Å². The minimum Gasteiger partial charge on any atom is -0.336 e. The molecule has 2 aromatic carbocycles. The van der Waals surface area contributed by atoms with Crippen molar-refractivity contribution >= 4 is 23.4 Å². The number of rotatable bonds is 5. The van der Waals surface area contributed by atoms with Crippen LogP contribution in [0.2, 0.25) is 0 Å². The Morgan fingerprint density at radius 3 is 2.36 bits per heavy atom. The third-order valence-corrected chi connectivity index (χ3v) is 7.07. The third kappa shape index (κ3) is 3.98. The molecule has 3 aliphatic rings. The Kier molecular flexibility index (Phi) is 5.54. The molecular formula is C26H23F3N4O3. The largest absolute Gasteiger partial charge is 0.336 e. The Bertz CT molecular complexity index is 1290. The van der Waals surface area contributed by atoms with Crippen molar-refractivity contribution in [3.05, 3.63) is 65.0 Å². The van der Waals surface area contributed by atoms with Gasteiger partial charge in [0.1, 0.15) is 12.4 Å². The number of likely N-dealkylation sites (tertiary alicyclic amines) is 1. The van der Waals surface area contributed by atoms with E-state index in [1.54, 1.807) is 0 Å². The van der Waals surface area contributed by atoms with Gasteiger partial charge in [0.2, 0.25) is 11.8 Å². The quantitative estimate of drug-likeness (QED) is 0.637. The Hall–Kier alpha value is -3.87. The van der Waals surface area contributed by atoms with E-state index < -0.39 is 35.6 Å². The van der Waals surface area contributed by atoms with E-state index in [1.165, 1.54) is 46.2 Å². The summed E-state index contributed by atoms with van der Waals surface area (Å²) in [4.78, 5) is 43.7. The van der Waals surface area contributed by atoms with E-state index in [9.17, 15) is 27.6 Å². The lowest BCUT2D eigenvalue weighted by molar-refractivity contribution is -0.170. The number of carbonyl (C=O) groups is 3. The molecule has 1 saturated carbocycles. The lowest BCUT2D eigenvalue weighted by atomic mass is 9.82. The Morgan fingerprint density at radius 2 is 1.81 bits per heavy atom. The van der Waals surface area contributed by atoms with Gasteiger partial charge in [-0.25, -0.2) is 13.2 Å². The molecule has 3 amide bonds. The molecular weight excluding hydrogens is 473 g/mol. The van der Waals surface area contributed by atoms with Gasteiger partial charge in [-0.3, -0.25) is 19.3 Å². The minimum atomic E-state index is -3.01. The molecule has 186 valence electrons. The molecule has 0 radical (unpaired) electrons. The summed E-state index contributed by atoms with van der Waals surface area (Å²) >= 11 is 0. The molecule has 0 aromatic heterocycles. The van der Waals surface area contributed by atoms with Crippen molar-refractivity contribution in [1.82, 2.24) is 9.80 Å². The monoisotopic (exact) mass is 496 g/mol. The molecule has 2 aliphatic heterocycles. The number of nitriles is 1. The summed E-state index contributed by atoms with van der Waals surface area (Å²) in [5.41, 5.74) is -1.06. The minimum absolute atomic E-state index is 0.0186. The highest BCUT2D eigenvalue weighted by Crippen LogP contribution is 2.41. The number of amides is 3. The summed E-state index contributed by atoms with van der Waals surface area (Å²) in [7, 11) is 0. The summed E-state index contributed by atoms with van der Waals surface area (Å²) in [6.45, 7) is 0.305. The molecule has 7 nitrogen and oxygen atoms in total. The highest BCUT2D eigenvalue weighted by molar-refractivity contribution is 6.11. The maximum absolute atomic E-state index is 14.8. The van der Waals surface area contributed by atoms with Crippen molar-refractivity contribution in [3.63, 3.8) is 0 Å². The molecule has 36 heavy (non-hydrogen) atoms. The van der Waals surface area contributed by atoms with Crippen LogP contribution in [0.25, 0.3) is 0 Å².